The molecule has 20 heavy (non-hydrogen) atoms. The molecule has 0 saturated carbocycles. The topological polar surface area (TPSA) is 32.9 Å². The van der Waals surface area contributed by atoms with Crippen LogP contribution in [0.3, 0.4) is 0 Å². The Bertz CT molecular complexity index is 822. The predicted molar refractivity (Wildman–Crippen MR) is 85.6 cm³/mol. The van der Waals surface area contributed by atoms with Crippen molar-refractivity contribution in [3.63, 3.8) is 0 Å². The number of halogens is 2. The van der Waals surface area contributed by atoms with E-state index in [-0.39, 0.29) is 5.78 Å². The van der Waals surface area contributed by atoms with Gasteiger partial charge in [0, 0.05) is 32.7 Å². The summed E-state index contributed by atoms with van der Waals surface area (Å²) in [5.74, 6) is -0.0724. The minimum atomic E-state index is -0.0724. The summed E-state index contributed by atoms with van der Waals surface area (Å²) in [6.45, 7) is 2.00. The molecule has 2 nitrogen and oxygen atoms in total. The van der Waals surface area contributed by atoms with E-state index >= 15 is 0 Å². The molecule has 0 amide bonds. The van der Waals surface area contributed by atoms with Gasteiger partial charge in [-0.3, -0.25) is 4.79 Å². The van der Waals surface area contributed by atoms with E-state index in [0.717, 1.165) is 20.9 Å². The largest absolute Gasteiger partial charge is 0.360 e. The van der Waals surface area contributed by atoms with E-state index in [2.05, 4.69) is 20.9 Å². The van der Waals surface area contributed by atoms with E-state index in [1.54, 1.807) is 18.3 Å². The molecule has 0 saturated heterocycles. The third-order valence-electron chi connectivity index (χ3n) is 3.33. The lowest BCUT2D eigenvalue weighted by molar-refractivity contribution is 0.104. The standard InChI is InChI=1S/C16H11BrClNO/c1-9-3-2-4-14-15(9)12(8-19-14)16(20)11-7-10(17)5-6-13(11)18/h2-8,19H,1H3. The number of aromatic amines is 1. The Morgan fingerprint density at radius 1 is 1.20 bits per heavy atom. The Morgan fingerprint density at radius 3 is 2.80 bits per heavy atom. The summed E-state index contributed by atoms with van der Waals surface area (Å²) in [6.07, 6.45) is 1.75. The Labute approximate surface area is 129 Å². The highest BCUT2D eigenvalue weighted by atomic mass is 79.9. The lowest BCUT2D eigenvalue weighted by Gasteiger charge is -2.05. The van der Waals surface area contributed by atoms with Crippen molar-refractivity contribution in [3.8, 4) is 0 Å². The molecule has 0 atom stereocenters. The van der Waals surface area contributed by atoms with Gasteiger partial charge in [-0.05, 0) is 36.8 Å². The van der Waals surface area contributed by atoms with E-state index < -0.39 is 0 Å². The van der Waals surface area contributed by atoms with Crippen LogP contribution in [0.2, 0.25) is 5.02 Å². The average molecular weight is 349 g/mol. The van der Waals surface area contributed by atoms with Gasteiger partial charge in [-0.1, -0.05) is 39.7 Å². The SMILES string of the molecule is Cc1cccc2[nH]cc(C(=O)c3cc(Br)ccc3Cl)c12. The van der Waals surface area contributed by atoms with Crippen LogP contribution in [0.4, 0.5) is 0 Å². The fourth-order valence-corrected chi connectivity index (χ4v) is 2.93. The van der Waals surface area contributed by atoms with Crippen LogP contribution in [0.5, 0.6) is 0 Å². The predicted octanol–water partition coefficient (Wildman–Crippen LogP) is 5.12. The number of nitrogens with one attached hydrogen (secondary N) is 1. The van der Waals surface area contributed by atoms with Crippen molar-refractivity contribution >= 4 is 44.2 Å². The van der Waals surface area contributed by atoms with Gasteiger partial charge in [0.15, 0.2) is 5.78 Å². The van der Waals surface area contributed by atoms with Crippen LogP contribution in [-0.4, -0.2) is 10.8 Å². The second-order valence-corrected chi connectivity index (χ2v) is 5.98. The Balaban J connectivity index is 2.21. The third-order valence-corrected chi connectivity index (χ3v) is 4.15. The molecule has 100 valence electrons. The monoisotopic (exact) mass is 347 g/mol. The second kappa shape index (κ2) is 5.08. The molecule has 0 aliphatic heterocycles. The summed E-state index contributed by atoms with van der Waals surface area (Å²) in [4.78, 5) is 15.9. The first-order valence-corrected chi connectivity index (χ1v) is 7.31. The average Bonchev–Trinajstić information content (AvgIpc) is 2.86. The summed E-state index contributed by atoms with van der Waals surface area (Å²) in [5, 5.41) is 1.41. The summed E-state index contributed by atoms with van der Waals surface area (Å²) in [5.41, 5.74) is 3.18. The van der Waals surface area contributed by atoms with Gasteiger partial charge in [0.2, 0.25) is 0 Å². The maximum absolute atomic E-state index is 12.7. The number of ketones is 1. The number of aryl methyl sites for hydroxylation is 1. The zero-order valence-corrected chi connectivity index (χ0v) is 13.0. The summed E-state index contributed by atoms with van der Waals surface area (Å²) in [7, 11) is 0. The number of hydrogen-bond acceptors (Lipinski definition) is 1. The maximum atomic E-state index is 12.7. The van der Waals surface area contributed by atoms with Gasteiger partial charge in [-0.25, -0.2) is 0 Å². The van der Waals surface area contributed by atoms with Crippen molar-refractivity contribution in [3.05, 3.63) is 68.8 Å². The van der Waals surface area contributed by atoms with Crippen LogP contribution in [-0.2, 0) is 0 Å². The first-order chi connectivity index (χ1) is 9.58. The van der Waals surface area contributed by atoms with Crippen molar-refractivity contribution in [2.24, 2.45) is 0 Å². The van der Waals surface area contributed by atoms with E-state index in [0.29, 0.717) is 16.1 Å². The van der Waals surface area contributed by atoms with Crippen LogP contribution in [0.15, 0.2) is 47.1 Å². The summed E-state index contributed by atoms with van der Waals surface area (Å²) >= 11 is 9.52. The van der Waals surface area contributed by atoms with Crippen LogP contribution >= 0.6 is 27.5 Å². The van der Waals surface area contributed by atoms with Crippen molar-refractivity contribution in [2.75, 3.05) is 0 Å². The van der Waals surface area contributed by atoms with Crippen LogP contribution in [0, 0.1) is 6.92 Å². The molecule has 3 aromatic rings. The first-order valence-electron chi connectivity index (χ1n) is 6.14. The quantitative estimate of drug-likeness (QED) is 0.640. The number of aromatic nitrogens is 1. The lowest BCUT2D eigenvalue weighted by Crippen LogP contribution is -2.02. The Morgan fingerprint density at radius 2 is 2.00 bits per heavy atom. The minimum Gasteiger partial charge on any atom is -0.360 e. The maximum Gasteiger partial charge on any atom is 0.196 e. The van der Waals surface area contributed by atoms with Crippen LogP contribution in [0.25, 0.3) is 10.9 Å². The van der Waals surface area contributed by atoms with E-state index in [4.69, 9.17) is 11.6 Å². The van der Waals surface area contributed by atoms with Crippen molar-refractivity contribution < 1.29 is 4.79 Å². The Hall–Kier alpha value is -1.58. The van der Waals surface area contributed by atoms with Crippen molar-refractivity contribution in [2.45, 2.75) is 6.92 Å². The van der Waals surface area contributed by atoms with Crippen LogP contribution < -0.4 is 0 Å². The highest BCUT2D eigenvalue weighted by Gasteiger charge is 2.18. The number of H-pyrrole nitrogens is 1. The lowest BCUT2D eigenvalue weighted by atomic mass is 10.00. The summed E-state index contributed by atoms with van der Waals surface area (Å²) < 4.78 is 0.835. The number of benzene rings is 2. The molecule has 0 aliphatic carbocycles. The van der Waals surface area contributed by atoms with Gasteiger partial charge in [0.05, 0.1) is 5.02 Å². The molecule has 2 aromatic carbocycles. The fourth-order valence-electron chi connectivity index (χ4n) is 2.36. The minimum absolute atomic E-state index is 0.0724. The van der Waals surface area contributed by atoms with E-state index in [1.807, 2.05) is 31.2 Å². The molecular weight excluding hydrogens is 338 g/mol. The van der Waals surface area contributed by atoms with Crippen molar-refractivity contribution in [1.29, 1.82) is 0 Å². The first kappa shape index (κ1) is 13.4. The number of fused-ring (bicyclic) bond motifs is 1. The molecule has 1 N–H and O–H groups in total. The number of rotatable bonds is 2. The van der Waals surface area contributed by atoms with Gasteiger partial charge in [-0.15, -0.1) is 0 Å². The molecule has 3 rings (SSSR count). The molecule has 0 aliphatic rings. The normalized spacial score (nSPS) is 10.9. The van der Waals surface area contributed by atoms with Gasteiger partial charge >= 0.3 is 0 Å². The highest BCUT2D eigenvalue weighted by Crippen LogP contribution is 2.28. The van der Waals surface area contributed by atoms with Crippen molar-refractivity contribution in [1.82, 2.24) is 4.98 Å². The Kier molecular flexibility index (Phi) is 3.40. The molecule has 0 fully saturated rings. The highest BCUT2D eigenvalue weighted by molar-refractivity contribution is 9.10. The number of hydrogen-bond donors (Lipinski definition) is 1. The molecule has 4 heteroatoms. The molecule has 1 aromatic heterocycles. The molecule has 0 spiro atoms. The summed E-state index contributed by atoms with van der Waals surface area (Å²) in [6, 6.07) is 11.2. The van der Waals surface area contributed by atoms with Gasteiger partial charge in [0.1, 0.15) is 0 Å². The fraction of sp³-hybridized carbons (Fsp3) is 0.0625. The second-order valence-electron chi connectivity index (χ2n) is 4.65. The number of carbonyl (C=O) groups excluding carboxylic acids is 1. The molecule has 0 unspecified atom stereocenters. The van der Waals surface area contributed by atoms with Crippen LogP contribution in [0.1, 0.15) is 21.5 Å². The molecule has 1 heterocycles. The zero-order valence-electron chi connectivity index (χ0n) is 10.7. The molecule has 0 bridgehead atoms. The molecular formula is C16H11BrClNO. The molecule has 0 radical (unpaired) electrons. The van der Waals surface area contributed by atoms with E-state index in [1.165, 1.54) is 0 Å². The third kappa shape index (κ3) is 2.17. The van der Waals surface area contributed by atoms with Gasteiger partial charge < -0.3 is 4.98 Å². The van der Waals surface area contributed by atoms with Gasteiger partial charge in [0.25, 0.3) is 0 Å². The van der Waals surface area contributed by atoms with E-state index in [9.17, 15) is 4.79 Å². The number of carbonyl (C=O) groups is 1. The van der Waals surface area contributed by atoms with Gasteiger partial charge in [-0.2, -0.15) is 0 Å². The smallest absolute Gasteiger partial charge is 0.196 e. The zero-order chi connectivity index (χ0) is 14.3.